The summed E-state index contributed by atoms with van der Waals surface area (Å²) in [7, 11) is 3.79. The van der Waals surface area contributed by atoms with Gasteiger partial charge in [-0.05, 0) is 31.7 Å². The third kappa shape index (κ3) is 2.14. The molecule has 3 N–H and O–H groups in total. The Hall–Kier alpha value is -1.88. The first-order chi connectivity index (χ1) is 8.13. The predicted octanol–water partition coefficient (Wildman–Crippen LogP) is 1.01. The van der Waals surface area contributed by atoms with Crippen LogP contribution in [0.3, 0.4) is 0 Å². The third-order valence-electron chi connectivity index (χ3n) is 2.85. The summed E-state index contributed by atoms with van der Waals surface area (Å²) >= 11 is 0. The molecule has 0 amide bonds. The van der Waals surface area contributed by atoms with Gasteiger partial charge in [0, 0.05) is 25.0 Å². The number of aryl methyl sites for hydroxylation is 2. The van der Waals surface area contributed by atoms with E-state index in [9.17, 15) is 0 Å². The SMILES string of the molecule is CNC(c1ccn(C)n1)c1c(C)ccnc1N. The lowest BCUT2D eigenvalue weighted by atomic mass is 10.00. The van der Waals surface area contributed by atoms with Gasteiger partial charge in [-0.3, -0.25) is 4.68 Å². The van der Waals surface area contributed by atoms with Crippen molar-refractivity contribution in [2.45, 2.75) is 13.0 Å². The number of nitrogen functional groups attached to an aromatic ring is 1. The molecule has 0 saturated heterocycles. The maximum absolute atomic E-state index is 5.96. The second-order valence-electron chi connectivity index (χ2n) is 4.06. The molecule has 0 aliphatic heterocycles. The topological polar surface area (TPSA) is 68.8 Å². The Morgan fingerprint density at radius 3 is 2.71 bits per heavy atom. The van der Waals surface area contributed by atoms with Crippen LogP contribution in [0.4, 0.5) is 5.82 Å². The van der Waals surface area contributed by atoms with Gasteiger partial charge in [-0.15, -0.1) is 0 Å². The summed E-state index contributed by atoms with van der Waals surface area (Å²) in [6.07, 6.45) is 3.64. The second-order valence-corrected chi connectivity index (χ2v) is 4.06. The van der Waals surface area contributed by atoms with Crippen molar-refractivity contribution < 1.29 is 0 Å². The Morgan fingerprint density at radius 2 is 2.18 bits per heavy atom. The number of rotatable bonds is 3. The van der Waals surface area contributed by atoms with Gasteiger partial charge in [0.25, 0.3) is 0 Å². The van der Waals surface area contributed by atoms with E-state index in [2.05, 4.69) is 15.4 Å². The van der Waals surface area contributed by atoms with Crippen molar-refractivity contribution in [3.8, 4) is 0 Å². The molecule has 5 heteroatoms. The highest BCUT2D eigenvalue weighted by molar-refractivity contribution is 5.48. The summed E-state index contributed by atoms with van der Waals surface area (Å²) in [5, 5.41) is 7.65. The van der Waals surface area contributed by atoms with E-state index in [1.54, 1.807) is 10.9 Å². The fourth-order valence-corrected chi connectivity index (χ4v) is 1.99. The molecule has 1 atom stereocenters. The fraction of sp³-hybridized carbons (Fsp3) is 0.333. The molecule has 2 rings (SSSR count). The Morgan fingerprint density at radius 1 is 1.41 bits per heavy atom. The molecule has 0 aliphatic carbocycles. The Balaban J connectivity index is 2.49. The van der Waals surface area contributed by atoms with E-state index in [1.165, 1.54) is 0 Å². The molecule has 0 saturated carbocycles. The van der Waals surface area contributed by atoms with E-state index in [0.29, 0.717) is 5.82 Å². The summed E-state index contributed by atoms with van der Waals surface area (Å²) in [6.45, 7) is 2.03. The molecule has 2 aromatic rings. The van der Waals surface area contributed by atoms with Crippen LogP contribution in [0, 0.1) is 6.92 Å². The molecule has 0 bridgehead atoms. The standard InChI is InChI=1S/C12H17N5/c1-8-4-6-15-12(13)10(8)11(14-2)9-5-7-17(3)16-9/h4-7,11,14H,1-3H3,(H2,13,15). The molecule has 0 radical (unpaired) electrons. The molecular weight excluding hydrogens is 214 g/mol. The fourth-order valence-electron chi connectivity index (χ4n) is 1.99. The van der Waals surface area contributed by atoms with Crippen LogP contribution in [0.5, 0.6) is 0 Å². The minimum Gasteiger partial charge on any atom is -0.383 e. The monoisotopic (exact) mass is 231 g/mol. The van der Waals surface area contributed by atoms with Crippen molar-refractivity contribution in [3.05, 3.63) is 41.3 Å². The van der Waals surface area contributed by atoms with Crippen LogP contribution in [-0.4, -0.2) is 21.8 Å². The maximum Gasteiger partial charge on any atom is 0.128 e. The number of pyridine rings is 1. The molecular formula is C12H17N5. The molecule has 2 aromatic heterocycles. The van der Waals surface area contributed by atoms with Crippen LogP contribution < -0.4 is 11.1 Å². The Bertz CT molecular complexity index is 497. The van der Waals surface area contributed by atoms with Crippen molar-refractivity contribution in [2.24, 2.45) is 7.05 Å². The van der Waals surface area contributed by atoms with Crippen molar-refractivity contribution in [3.63, 3.8) is 0 Å². The normalized spacial score (nSPS) is 12.6. The zero-order chi connectivity index (χ0) is 12.4. The van der Waals surface area contributed by atoms with Crippen LogP contribution in [0.25, 0.3) is 0 Å². The summed E-state index contributed by atoms with van der Waals surface area (Å²) < 4.78 is 1.78. The number of nitrogens with two attached hydrogens (primary N) is 1. The first-order valence-electron chi connectivity index (χ1n) is 5.51. The Labute approximate surface area is 101 Å². The van der Waals surface area contributed by atoms with Crippen LogP contribution >= 0.6 is 0 Å². The number of aromatic nitrogens is 3. The number of hydrogen-bond acceptors (Lipinski definition) is 4. The largest absolute Gasteiger partial charge is 0.383 e. The molecule has 0 aliphatic rings. The molecule has 17 heavy (non-hydrogen) atoms. The summed E-state index contributed by atoms with van der Waals surface area (Å²) in [6, 6.07) is 3.91. The van der Waals surface area contributed by atoms with Crippen molar-refractivity contribution in [1.29, 1.82) is 0 Å². The van der Waals surface area contributed by atoms with Gasteiger partial charge in [0.05, 0.1) is 11.7 Å². The van der Waals surface area contributed by atoms with Gasteiger partial charge >= 0.3 is 0 Å². The van der Waals surface area contributed by atoms with Crippen molar-refractivity contribution in [2.75, 3.05) is 12.8 Å². The Kier molecular flexibility index (Phi) is 3.10. The zero-order valence-electron chi connectivity index (χ0n) is 10.3. The molecule has 0 fully saturated rings. The number of nitrogens with zero attached hydrogens (tertiary/aromatic N) is 3. The molecule has 2 heterocycles. The van der Waals surface area contributed by atoms with Crippen molar-refractivity contribution in [1.82, 2.24) is 20.1 Å². The number of nitrogens with one attached hydrogen (secondary N) is 1. The zero-order valence-corrected chi connectivity index (χ0v) is 10.3. The lowest BCUT2D eigenvalue weighted by molar-refractivity contribution is 0.639. The highest BCUT2D eigenvalue weighted by Gasteiger charge is 2.19. The van der Waals surface area contributed by atoms with Gasteiger partial charge in [-0.2, -0.15) is 5.10 Å². The minimum absolute atomic E-state index is 0.0232. The molecule has 90 valence electrons. The summed E-state index contributed by atoms with van der Waals surface area (Å²) in [4.78, 5) is 4.14. The van der Waals surface area contributed by atoms with Crippen molar-refractivity contribution >= 4 is 5.82 Å². The average Bonchev–Trinajstić information content (AvgIpc) is 2.70. The molecule has 0 spiro atoms. The van der Waals surface area contributed by atoms with Crippen LogP contribution in [0.1, 0.15) is 22.9 Å². The van der Waals surface area contributed by atoms with Gasteiger partial charge in [0.15, 0.2) is 0 Å². The third-order valence-corrected chi connectivity index (χ3v) is 2.85. The van der Waals surface area contributed by atoms with E-state index in [0.717, 1.165) is 16.8 Å². The van der Waals surface area contributed by atoms with E-state index < -0.39 is 0 Å². The van der Waals surface area contributed by atoms with Crippen LogP contribution in [-0.2, 0) is 7.05 Å². The van der Waals surface area contributed by atoms with Gasteiger partial charge in [-0.1, -0.05) is 0 Å². The summed E-state index contributed by atoms with van der Waals surface area (Å²) in [5.41, 5.74) is 9.01. The van der Waals surface area contributed by atoms with Gasteiger partial charge < -0.3 is 11.1 Å². The molecule has 1 unspecified atom stereocenters. The first kappa shape index (κ1) is 11.6. The smallest absolute Gasteiger partial charge is 0.128 e. The highest BCUT2D eigenvalue weighted by Crippen LogP contribution is 2.26. The average molecular weight is 231 g/mol. The lowest BCUT2D eigenvalue weighted by Gasteiger charge is -2.18. The second kappa shape index (κ2) is 4.55. The molecule has 5 nitrogen and oxygen atoms in total. The summed E-state index contributed by atoms with van der Waals surface area (Å²) in [5.74, 6) is 0.551. The van der Waals surface area contributed by atoms with Gasteiger partial charge in [-0.25, -0.2) is 4.98 Å². The van der Waals surface area contributed by atoms with Crippen LogP contribution in [0.15, 0.2) is 24.5 Å². The van der Waals surface area contributed by atoms with E-state index >= 15 is 0 Å². The molecule has 0 aromatic carbocycles. The number of hydrogen-bond donors (Lipinski definition) is 2. The minimum atomic E-state index is -0.0232. The van der Waals surface area contributed by atoms with E-state index in [1.807, 2.05) is 39.3 Å². The van der Waals surface area contributed by atoms with Gasteiger partial charge in [0.1, 0.15) is 5.82 Å². The maximum atomic E-state index is 5.96. The van der Waals surface area contributed by atoms with Gasteiger partial charge in [0.2, 0.25) is 0 Å². The predicted molar refractivity (Wildman–Crippen MR) is 67.5 cm³/mol. The highest BCUT2D eigenvalue weighted by atomic mass is 15.3. The number of anilines is 1. The van der Waals surface area contributed by atoms with Crippen LogP contribution in [0.2, 0.25) is 0 Å². The van der Waals surface area contributed by atoms with E-state index in [4.69, 9.17) is 5.73 Å². The quantitative estimate of drug-likeness (QED) is 0.827. The lowest BCUT2D eigenvalue weighted by Crippen LogP contribution is -2.21. The van der Waals surface area contributed by atoms with E-state index in [-0.39, 0.29) is 6.04 Å². The first-order valence-corrected chi connectivity index (χ1v) is 5.51.